The van der Waals surface area contributed by atoms with Gasteiger partial charge in [-0.1, -0.05) is 6.07 Å². The average Bonchev–Trinajstić information content (AvgIpc) is 2.76. The molecule has 0 amide bonds. The predicted molar refractivity (Wildman–Crippen MR) is 90.9 cm³/mol. The molecule has 2 aromatic rings. The van der Waals surface area contributed by atoms with Gasteiger partial charge in [0.25, 0.3) is 0 Å². The number of hydrogen-bond acceptors (Lipinski definition) is 4. The highest BCUT2D eigenvalue weighted by Gasteiger charge is 2.04. The summed E-state index contributed by atoms with van der Waals surface area (Å²) in [6, 6.07) is 10.1. The van der Waals surface area contributed by atoms with Crippen molar-refractivity contribution in [3.8, 4) is 5.75 Å². The van der Waals surface area contributed by atoms with E-state index in [1.165, 1.54) is 4.88 Å². The largest absolute Gasteiger partial charge is 0.491 e. The molecule has 0 aliphatic heterocycles. The molecule has 0 saturated carbocycles. The molecule has 0 atom stereocenters. The topological polar surface area (TPSA) is 30.5 Å². The van der Waals surface area contributed by atoms with Crippen LogP contribution >= 0.6 is 43.2 Å². The van der Waals surface area contributed by atoms with Crippen LogP contribution in [0.15, 0.2) is 38.6 Å². The first-order valence-electron chi connectivity index (χ1n) is 6.08. The number of thiophene rings is 1. The molecule has 0 aliphatic rings. The Kier molecular flexibility index (Phi) is 6.35. The molecular weight excluding hydrogens is 406 g/mol. The van der Waals surface area contributed by atoms with Crippen molar-refractivity contribution in [2.24, 2.45) is 0 Å². The first kappa shape index (κ1) is 15.8. The van der Waals surface area contributed by atoms with Gasteiger partial charge in [0.2, 0.25) is 0 Å². The average molecular weight is 421 g/mol. The number of benzene rings is 1. The van der Waals surface area contributed by atoms with Crippen LogP contribution in [0.4, 0.5) is 5.69 Å². The normalized spacial score (nSPS) is 10.6. The Balaban J connectivity index is 1.90. The number of anilines is 1. The molecule has 1 heterocycles. The van der Waals surface area contributed by atoms with Gasteiger partial charge in [-0.15, -0.1) is 11.3 Å². The number of rotatable bonds is 7. The van der Waals surface area contributed by atoms with Crippen LogP contribution in [0.25, 0.3) is 0 Å². The minimum Gasteiger partial charge on any atom is -0.491 e. The summed E-state index contributed by atoms with van der Waals surface area (Å²) in [5.74, 6) is 0.848. The first-order chi connectivity index (χ1) is 9.69. The summed E-state index contributed by atoms with van der Waals surface area (Å²) in [5, 5.41) is 3.39. The summed E-state index contributed by atoms with van der Waals surface area (Å²) in [4.78, 5) is 1.26. The minimum atomic E-state index is 0.560. The van der Waals surface area contributed by atoms with Crippen molar-refractivity contribution in [1.29, 1.82) is 0 Å². The van der Waals surface area contributed by atoms with Crippen LogP contribution < -0.4 is 10.1 Å². The van der Waals surface area contributed by atoms with Gasteiger partial charge in [-0.05, 0) is 50.1 Å². The molecule has 20 heavy (non-hydrogen) atoms. The lowest BCUT2D eigenvalue weighted by atomic mass is 10.3. The van der Waals surface area contributed by atoms with Crippen molar-refractivity contribution in [2.75, 3.05) is 25.6 Å². The van der Waals surface area contributed by atoms with Gasteiger partial charge in [-0.2, -0.15) is 0 Å². The Labute approximate surface area is 139 Å². The number of methoxy groups -OCH3 is 1. The molecular formula is C14H15Br2NO2S. The van der Waals surface area contributed by atoms with Crippen molar-refractivity contribution in [3.05, 3.63) is 43.5 Å². The maximum atomic E-state index is 5.58. The van der Waals surface area contributed by atoms with Crippen LogP contribution in [0.2, 0.25) is 0 Å². The SMILES string of the molecule is COCCOc1cccc(NCc2cc(Br)c(Br)s2)c1. The van der Waals surface area contributed by atoms with E-state index in [9.17, 15) is 0 Å². The van der Waals surface area contributed by atoms with Gasteiger partial charge in [0.15, 0.2) is 0 Å². The molecule has 0 spiro atoms. The van der Waals surface area contributed by atoms with Crippen LogP contribution in [0.3, 0.4) is 0 Å². The van der Waals surface area contributed by atoms with Gasteiger partial charge in [0.05, 0.1) is 10.4 Å². The fourth-order valence-electron chi connectivity index (χ4n) is 1.61. The van der Waals surface area contributed by atoms with Crippen molar-refractivity contribution in [3.63, 3.8) is 0 Å². The van der Waals surface area contributed by atoms with Gasteiger partial charge in [-0.3, -0.25) is 0 Å². The summed E-state index contributed by atoms with van der Waals surface area (Å²) < 4.78 is 12.8. The van der Waals surface area contributed by atoms with Crippen molar-refractivity contribution in [1.82, 2.24) is 0 Å². The number of ether oxygens (including phenoxy) is 2. The van der Waals surface area contributed by atoms with Crippen molar-refractivity contribution >= 4 is 48.9 Å². The van der Waals surface area contributed by atoms with Gasteiger partial charge in [0, 0.05) is 34.8 Å². The Morgan fingerprint density at radius 1 is 1.20 bits per heavy atom. The van der Waals surface area contributed by atoms with E-state index in [0.717, 1.165) is 26.2 Å². The van der Waals surface area contributed by atoms with Gasteiger partial charge in [0.1, 0.15) is 12.4 Å². The fourth-order valence-corrected chi connectivity index (χ4v) is 3.72. The van der Waals surface area contributed by atoms with E-state index >= 15 is 0 Å². The third-order valence-electron chi connectivity index (χ3n) is 2.55. The highest BCUT2D eigenvalue weighted by atomic mass is 79.9. The second kappa shape index (κ2) is 8.02. The zero-order valence-corrected chi connectivity index (χ0v) is 15.0. The summed E-state index contributed by atoms with van der Waals surface area (Å²) in [6.45, 7) is 1.94. The Morgan fingerprint density at radius 2 is 2.05 bits per heavy atom. The molecule has 1 N–H and O–H groups in total. The van der Waals surface area contributed by atoms with Gasteiger partial charge < -0.3 is 14.8 Å². The summed E-state index contributed by atoms with van der Waals surface area (Å²) >= 11 is 8.71. The lowest BCUT2D eigenvalue weighted by Crippen LogP contribution is -2.04. The standard InChI is InChI=1S/C14H15Br2NO2S/c1-18-5-6-19-11-4-2-3-10(7-11)17-9-12-8-13(15)14(16)20-12/h2-4,7-8,17H,5-6,9H2,1H3. The van der Waals surface area contributed by atoms with Crippen molar-refractivity contribution < 1.29 is 9.47 Å². The molecule has 0 bridgehead atoms. The predicted octanol–water partition coefficient (Wildman–Crippen LogP) is 4.91. The fraction of sp³-hybridized carbons (Fsp3) is 0.286. The Hall–Kier alpha value is -0.560. The molecule has 0 aliphatic carbocycles. The number of nitrogens with one attached hydrogen (secondary N) is 1. The van der Waals surface area contributed by atoms with Crippen LogP contribution in [0.5, 0.6) is 5.75 Å². The Morgan fingerprint density at radius 3 is 2.75 bits per heavy atom. The zero-order chi connectivity index (χ0) is 14.4. The smallest absolute Gasteiger partial charge is 0.121 e. The molecule has 1 aromatic heterocycles. The molecule has 108 valence electrons. The van der Waals surface area contributed by atoms with E-state index in [1.807, 2.05) is 24.3 Å². The lowest BCUT2D eigenvalue weighted by molar-refractivity contribution is 0.146. The minimum absolute atomic E-state index is 0.560. The maximum Gasteiger partial charge on any atom is 0.121 e. The Bertz CT molecular complexity index is 540. The van der Waals surface area contributed by atoms with E-state index in [-0.39, 0.29) is 0 Å². The van der Waals surface area contributed by atoms with E-state index in [1.54, 1.807) is 18.4 Å². The summed E-state index contributed by atoms with van der Waals surface area (Å²) in [6.07, 6.45) is 0. The summed E-state index contributed by atoms with van der Waals surface area (Å²) in [5.41, 5.74) is 1.04. The van der Waals surface area contributed by atoms with E-state index < -0.39 is 0 Å². The molecule has 0 fully saturated rings. The zero-order valence-electron chi connectivity index (χ0n) is 11.0. The molecule has 0 radical (unpaired) electrons. The number of halogens is 2. The second-order valence-electron chi connectivity index (χ2n) is 4.06. The molecule has 0 saturated heterocycles. The van der Waals surface area contributed by atoms with Gasteiger partial charge in [-0.25, -0.2) is 0 Å². The molecule has 1 aromatic carbocycles. The highest BCUT2D eigenvalue weighted by molar-refractivity contribution is 9.13. The van der Waals surface area contributed by atoms with E-state index in [4.69, 9.17) is 9.47 Å². The first-order valence-corrected chi connectivity index (χ1v) is 8.48. The monoisotopic (exact) mass is 419 g/mol. The third-order valence-corrected chi connectivity index (χ3v) is 5.81. The summed E-state index contributed by atoms with van der Waals surface area (Å²) in [7, 11) is 1.67. The quantitative estimate of drug-likeness (QED) is 0.645. The van der Waals surface area contributed by atoms with E-state index in [2.05, 4.69) is 43.2 Å². The lowest BCUT2D eigenvalue weighted by Gasteiger charge is -2.09. The molecule has 3 nitrogen and oxygen atoms in total. The molecule has 6 heteroatoms. The second-order valence-corrected chi connectivity index (χ2v) is 7.37. The van der Waals surface area contributed by atoms with E-state index in [0.29, 0.717) is 13.2 Å². The van der Waals surface area contributed by atoms with Crippen LogP contribution in [-0.4, -0.2) is 20.3 Å². The van der Waals surface area contributed by atoms with Crippen LogP contribution in [0.1, 0.15) is 4.88 Å². The molecule has 2 rings (SSSR count). The van der Waals surface area contributed by atoms with Crippen LogP contribution in [-0.2, 0) is 11.3 Å². The van der Waals surface area contributed by atoms with Gasteiger partial charge >= 0.3 is 0 Å². The highest BCUT2D eigenvalue weighted by Crippen LogP contribution is 2.32. The van der Waals surface area contributed by atoms with Crippen molar-refractivity contribution in [2.45, 2.75) is 6.54 Å². The number of hydrogen-bond donors (Lipinski definition) is 1. The maximum absolute atomic E-state index is 5.58. The molecule has 0 unspecified atom stereocenters. The third kappa shape index (κ3) is 4.77. The van der Waals surface area contributed by atoms with Crippen LogP contribution in [0, 0.1) is 0 Å².